The van der Waals surface area contributed by atoms with Crippen LogP contribution in [0.3, 0.4) is 0 Å². The van der Waals surface area contributed by atoms with Gasteiger partial charge in [-0.05, 0) is 99.3 Å². The Morgan fingerprint density at radius 1 is 0.500 bits per heavy atom. The van der Waals surface area contributed by atoms with Gasteiger partial charge in [0.2, 0.25) is 0 Å². The van der Waals surface area contributed by atoms with Gasteiger partial charge in [-0.2, -0.15) is 0 Å². The molecule has 0 saturated carbocycles. The predicted octanol–water partition coefficient (Wildman–Crippen LogP) is 8.48. The van der Waals surface area contributed by atoms with Crippen LogP contribution in [-0.2, 0) is 9.47 Å². The maximum atomic E-state index is 12.8. The number of rotatable bonds is 16. The van der Waals surface area contributed by atoms with Crippen molar-refractivity contribution in [1.82, 2.24) is 0 Å². The van der Waals surface area contributed by atoms with Gasteiger partial charge in [0, 0.05) is 0 Å². The van der Waals surface area contributed by atoms with Gasteiger partial charge in [0.05, 0.1) is 11.1 Å². The molecule has 194 valence electrons. The summed E-state index contributed by atoms with van der Waals surface area (Å²) in [4.78, 5) is 25.5. The Bertz CT molecular complexity index is 618. The number of carbonyl (C=O) groups is 2. The van der Waals surface area contributed by atoms with E-state index in [0.717, 1.165) is 51.4 Å². The average Bonchev–Trinajstić information content (AvgIpc) is 2.76. The van der Waals surface area contributed by atoms with Gasteiger partial charge in [-0.1, -0.05) is 55.4 Å². The summed E-state index contributed by atoms with van der Waals surface area (Å²) < 4.78 is 11.7. The minimum absolute atomic E-state index is 0.0652. The highest BCUT2D eigenvalue weighted by atomic mass is 16.5. The molecule has 0 radical (unpaired) electrons. The second-order valence-corrected chi connectivity index (χ2v) is 11.5. The number of hydrogen-bond acceptors (Lipinski definition) is 4. The summed E-state index contributed by atoms with van der Waals surface area (Å²) >= 11 is 0. The topological polar surface area (TPSA) is 52.6 Å². The van der Waals surface area contributed by atoms with Crippen LogP contribution in [0.5, 0.6) is 0 Å². The first kappa shape index (κ1) is 30.2. The Morgan fingerprint density at radius 2 is 0.735 bits per heavy atom. The molecule has 0 amide bonds. The number of carbonyl (C=O) groups excluding carboxylic acids is 2. The van der Waals surface area contributed by atoms with Crippen LogP contribution >= 0.6 is 0 Å². The lowest BCUT2D eigenvalue weighted by Crippen LogP contribution is -2.21. The Labute approximate surface area is 209 Å². The van der Waals surface area contributed by atoms with Gasteiger partial charge in [0.15, 0.2) is 0 Å². The molecule has 0 bridgehead atoms. The van der Waals surface area contributed by atoms with Crippen molar-refractivity contribution in [2.75, 3.05) is 0 Å². The monoisotopic (exact) mass is 474 g/mol. The summed E-state index contributed by atoms with van der Waals surface area (Å²) in [5.74, 6) is 1.69. The van der Waals surface area contributed by atoms with E-state index in [-0.39, 0.29) is 24.1 Å². The van der Waals surface area contributed by atoms with Crippen LogP contribution in [-0.4, -0.2) is 24.1 Å². The lowest BCUT2D eigenvalue weighted by molar-refractivity contribution is 0.0221. The summed E-state index contributed by atoms with van der Waals surface area (Å²) in [5, 5.41) is 0. The molecule has 4 heteroatoms. The zero-order valence-corrected chi connectivity index (χ0v) is 23.1. The molecule has 0 aromatic heterocycles. The van der Waals surface area contributed by atoms with Crippen molar-refractivity contribution in [3.8, 4) is 0 Å². The third kappa shape index (κ3) is 13.2. The first-order valence-electron chi connectivity index (χ1n) is 13.5. The quantitative estimate of drug-likeness (QED) is 0.225. The summed E-state index contributed by atoms with van der Waals surface area (Å²) in [7, 11) is 0. The standard InChI is InChI=1S/C30H50O4/c1-21(2)9-17-27(18-10-22(3)4)33-29(31)25-13-15-26(16-14-25)30(32)34-28(19-11-23(5)6)20-12-24(7)8/h13-16,21-24,27-28H,9-12,17-20H2,1-8H3. The highest BCUT2D eigenvalue weighted by molar-refractivity contribution is 5.93. The van der Waals surface area contributed by atoms with Crippen LogP contribution in [0.1, 0.15) is 127 Å². The molecule has 1 aromatic carbocycles. The van der Waals surface area contributed by atoms with E-state index in [1.54, 1.807) is 24.3 Å². The normalized spacial score (nSPS) is 11.9. The van der Waals surface area contributed by atoms with E-state index in [1.165, 1.54) is 0 Å². The van der Waals surface area contributed by atoms with Crippen molar-refractivity contribution in [2.45, 2.75) is 119 Å². The van der Waals surface area contributed by atoms with E-state index in [9.17, 15) is 9.59 Å². The maximum Gasteiger partial charge on any atom is 0.338 e. The van der Waals surface area contributed by atoms with Gasteiger partial charge >= 0.3 is 11.9 Å². The fraction of sp³-hybridized carbons (Fsp3) is 0.733. The van der Waals surface area contributed by atoms with Crippen LogP contribution in [0.25, 0.3) is 0 Å². The maximum absolute atomic E-state index is 12.8. The summed E-state index contributed by atoms with van der Waals surface area (Å²) in [5.41, 5.74) is 0.957. The fourth-order valence-corrected chi connectivity index (χ4v) is 3.78. The fourth-order valence-electron chi connectivity index (χ4n) is 3.78. The Kier molecular flexibility index (Phi) is 14.2. The van der Waals surface area contributed by atoms with E-state index in [0.29, 0.717) is 34.8 Å². The van der Waals surface area contributed by atoms with E-state index in [4.69, 9.17) is 9.47 Å². The lowest BCUT2D eigenvalue weighted by atomic mass is 9.98. The molecule has 0 unspecified atom stereocenters. The molecule has 1 aromatic rings. The molecular weight excluding hydrogens is 424 g/mol. The molecule has 4 nitrogen and oxygen atoms in total. The SMILES string of the molecule is CC(C)CCC(CCC(C)C)OC(=O)c1ccc(C(=O)OC(CCC(C)C)CCC(C)C)cc1. The zero-order chi connectivity index (χ0) is 25.7. The highest BCUT2D eigenvalue weighted by Crippen LogP contribution is 2.21. The minimum atomic E-state index is -0.316. The molecule has 0 atom stereocenters. The second-order valence-electron chi connectivity index (χ2n) is 11.5. The van der Waals surface area contributed by atoms with Crippen LogP contribution in [0, 0.1) is 23.7 Å². The molecule has 0 aliphatic heterocycles. The van der Waals surface area contributed by atoms with E-state index >= 15 is 0 Å². The molecule has 0 fully saturated rings. The van der Waals surface area contributed by atoms with Gasteiger partial charge in [0.25, 0.3) is 0 Å². The van der Waals surface area contributed by atoms with Crippen molar-refractivity contribution in [2.24, 2.45) is 23.7 Å². The van der Waals surface area contributed by atoms with Crippen LogP contribution in [0.15, 0.2) is 24.3 Å². The Balaban J connectivity index is 2.75. The first-order chi connectivity index (χ1) is 16.0. The molecule has 0 heterocycles. The molecule has 1 rings (SSSR count). The largest absolute Gasteiger partial charge is 0.459 e. The molecular formula is C30H50O4. The third-order valence-corrected chi connectivity index (χ3v) is 6.17. The average molecular weight is 475 g/mol. The van der Waals surface area contributed by atoms with Crippen LogP contribution < -0.4 is 0 Å². The highest BCUT2D eigenvalue weighted by Gasteiger charge is 2.20. The van der Waals surface area contributed by atoms with Crippen molar-refractivity contribution in [3.05, 3.63) is 35.4 Å². The molecule has 0 aliphatic rings. The van der Waals surface area contributed by atoms with E-state index in [1.807, 2.05) is 0 Å². The molecule has 0 spiro atoms. The van der Waals surface area contributed by atoms with Gasteiger partial charge in [0.1, 0.15) is 12.2 Å². The summed E-state index contributed by atoms with van der Waals surface area (Å²) in [6.07, 6.45) is 7.55. The van der Waals surface area contributed by atoms with Gasteiger partial charge in [-0.3, -0.25) is 0 Å². The van der Waals surface area contributed by atoms with E-state index < -0.39 is 0 Å². The molecule has 0 N–H and O–H groups in total. The van der Waals surface area contributed by atoms with Gasteiger partial charge in [-0.15, -0.1) is 0 Å². The minimum Gasteiger partial charge on any atom is -0.459 e. The Hall–Kier alpha value is -1.84. The van der Waals surface area contributed by atoms with Crippen molar-refractivity contribution < 1.29 is 19.1 Å². The summed E-state index contributed by atoms with van der Waals surface area (Å²) in [6, 6.07) is 6.71. The first-order valence-corrected chi connectivity index (χ1v) is 13.5. The van der Waals surface area contributed by atoms with E-state index in [2.05, 4.69) is 55.4 Å². The second kappa shape index (κ2) is 15.9. The number of esters is 2. The third-order valence-electron chi connectivity index (χ3n) is 6.17. The van der Waals surface area contributed by atoms with Gasteiger partial charge < -0.3 is 9.47 Å². The lowest BCUT2D eigenvalue weighted by Gasteiger charge is -2.20. The van der Waals surface area contributed by atoms with Crippen LogP contribution in [0.4, 0.5) is 0 Å². The zero-order valence-electron chi connectivity index (χ0n) is 23.1. The van der Waals surface area contributed by atoms with Crippen molar-refractivity contribution in [1.29, 1.82) is 0 Å². The number of benzene rings is 1. The van der Waals surface area contributed by atoms with Gasteiger partial charge in [-0.25, -0.2) is 9.59 Å². The molecule has 34 heavy (non-hydrogen) atoms. The summed E-state index contributed by atoms with van der Waals surface area (Å²) in [6.45, 7) is 17.5. The van der Waals surface area contributed by atoms with Crippen molar-refractivity contribution >= 4 is 11.9 Å². The predicted molar refractivity (Wildman–Crippen MR) is 141 cm³/mol. The Morgan fingerprint density at radius 3 is 0.941 bits per heavy atom. The smallest absolute Gasteiger partial charge is 0.338 e. The molecule has 0 aliphatic carbocycles. The van der Waals surface area contributed by atoms with Crippen molar-refractivity contribution in [3.63, 3.8) is 0 Å². The number of ether oxygens (including phenoxy) is 2. The molecule has 0 saturated heterocycles. The number of hydrogen-bond donors (Lipinski definition) is 0. The van der Waals surface area contributed by atoms with Crippen LogP contribution in [0.2, 0.25) is 0 Å².